The van der Waals surface area contributed by atoms with Crippen molar-refractivity contribution >= 4 is 5.84 Å². The van der Waals surface area contributed by atoms with E-state index in [1.807, 2.05) is 13.0 Å². The maximum atomic E-state index is 7.38. The molecular formula is C13H20N2O3. The molecule has 3 N–H and O–H groups in total. The molecule has 1 aromatic carbocycles. The first-order chi connectivity index (χ1) is 8.65. The highest BCUT2D eigenvalue weighted by Crippen LogP contribution is 2.16. The lowest BCUT2D eigenvalue weighted by Gasteiger charge is -2.09. The molecule has 0 aliphatic rings. The van der Waals surface area contributed by atoms with Crippen molar-refractivity contribution in [2.24, 2.45) is 5.73 Å². The van der Waals surface area contributed by atoms with Gasteiger partial charge in [-0.25, -0.2) is 0 Å². The lowest BCUT2D eigenvalue weighted by molar-refractivity contribution is 0.0544. The van der Waals surface area contributed by atoms with Crippen molar-refractivity contribution in [3.05, 3.63) is 29.3 Å². The van der Waals surface area contributed by atoms with Gasteiger partial charge >= 0.3 is 0 Å². The van der Waals surface area contributed by atoms with Crippen molar-refractivity contribution in [2.75, 3.05) is 33.5 Å². The van der Waals surface area contributed by atoms with Gasteiger partial charge in [-0.2, -0.15) is 0 Å². The van der Waals surface area contributed by atoms with Crippen LogP contribution in [-0.4, -0.2) is 39.4 Å². The zero-order valence-corrected chi connectivity index (χ0v) is 10.9. The summed E-state index contributed by atoms with van der Waals surface area (Å²) in [4.78, 5) is 0. The average Bonchev–Trinajstić information content (AvgIpc) is 2.33. The summed E-state index contributed by atoms with van der Waals surface area (Å²) in [6.45, 7) is 4.08. The molecule has 0 saturated carbocycles. The Balaban J connectivity index is 2.35. The summed E-state index contributed by atoms with van der Waals surface area (Å²) in [6, 6.07) is 5.46. The largest absolute Gasteiger partial charge is 0.491 e. The number of methoxy groups -OCH3 is 1. The highest BCUT2D eigenvalue weighted by atomic mass is 16.5. The van der Waals surface area contributed by atoms with Crippen LogP contribution in [0.15, 0.2) is 18.2 Å². The van der Waals surface area contributed by atoms with Crippen molar-refractivity contribution in [3.63, 3.8) is 0 Å². The van der Waals surface area contributed by atoms with Crippen molar-refractivity contribution in [1.29, 1.82) is 5.41 Å². The van der Waals surface area contributed by atoms with Crippen molar-refractivity contribution in [1.82, 2.24) is 0 Å². The van der Waals surface area contributed by atoms with Gasteiger partial charge in [0.1, 0.15) is 18.2 Å². The zero-order chi connectivity index (χ0) is 13.4. The Morgan fingerprint density at radius 1 is 1.22 bits per heavy atom. The maximum Gasteiger partial charge on any atom is 0.123 e. The fourth-order valence-corrected chi connectivity index (χ4v) is 1.49. The SMILES string of the molecule is COCCOCCOc1ccc(C(=N)N)c(C)c1. The van der Waals surface area contributed by atoms with Gasteiger partial charge in [-0.15, -0.1) is 0 Å². The van der Waals surface area contributed by atoms with Crippen LogP contribution in [0.2, 0.25) is 0 Å². The van der Waals surface area contributed by atoms with Gasteiger partial charge in [-0.05, 0) is 30.7 Å². The third-order valence-electron chi connectivity index (χ3n) is 2.42. The number of nitrogens with two attached hydrogens (primary N) is 1. The van der Waals surface area contributed by atoms with Crippen LogP contribution in [0.5, 0.6) is 5.75 Å². The quantitative estimate of drug-likeness (QED) is 0.415. The molecule has 0 atom stereocenters. The third-order valence-corrected chi connectivity index (χ3v) is 2.42. The molecule has 0 radical (unpaired) electrons. The minimum Gasteiger partial charge on any atom is -0.491 e. The number of benzene rings is 1. The Labute approximate surface area is 107 Å². The number of amidine groups is 1. The zero-order valence-electron chi connectivity index (χ0n) is 10.9. The topological polar surface area (TPSA) is 77.6 Å². The number of hydrogen-bond donors (Lipinski definition) is 2. The van der Waals surface area contributed by atoms with Crippen LogP contribution < -0.4 is 10.5 Å². The fraction of sp³-hybridized carbons (Fsp3) is 0.462. The first kappa shape index (κ1) is 14.5. The number of nitrogen functional groups attached to an aromatic ring is 1. The van der Waals surface area contributed by atoms with Crippen LogP contribution in [0, 0.1) is 12.3 Å². The molecule has 18 heavy (non-hydrogen) atoms. The molecule has 0 aliphatic heterocycles. The number of aryl methyl sites for hydroxylation is 1. The molecule has 0 spiro atoms. The first-order valence-corrected chi connectivity index (χ1v) is 5.79. The Bertz CT molecular complexity index is 394. The van der Waals surface area contributed by atoms with Crippen LogP contribution in [-0.2, 0) is 9.47 Å². The second-order valence-corrected chi connectivity index (χ2v) is 3.84. The van der Waals surface area contributed by atoms with Crippen molar-refractivity contribution in [2.45, 2.75) is 6.92 Å². The van der Waals surface area contributed by atoms with Crippen LogP contribution in [0.25, 0.3) is 0 Å². The predicted octanol–water partition coefficient (Wildman–Crippen LogP) is 1.32. The summed E-state index contributed by atoms with van der Waals surface area (Å²) in [5.41, 5.74) is 7.11. The van der Waals surface area contributed by atoms with E-state index < -0.39 is 0 Å². The van der Waals surface area contributed by atoms with E-state index in [0.29, 0.717) is 26.4 Å². The van der Waals surface area contributed by atoms with E-state index in [1.165, 1.54) is 0 Å². The van der Waals surface area contributed by atoms with Crippen LogP contribution in [0.4, 0.5) is 0 Å². The van der Waals surface area contributed by atoms with Gasteiger partial charge < -0.3 is 19.9 Å². The van der Waals surface area contributed by atoms with E-state index in [-0.39, 0.29) is 5.84 Å². The second kappa shape index (κ2) is 7.68. The van der Waals surface area contributed by atoms with Gasteiger partial charge in [-0.1, -0.05) is 0 Å². The molecule has 0 unspecified atom stereocenters. The van der Waals surface area contributed by atoms with E-state index in [4.69, 9.17) is 25.4 Å². The van der Waals surface area contributed by atoms with E-state index in [9.17, 15) is 0 Å². The lowest BCUT2D eigenvalue weighted by atomic mass is 10.1. The Kier molecular flexibility index (Phi) is 6.18. The van der Waals surface area contributed by atoms with Crippen LogP contribution in [0.3, 0.4) is 0 Å². The number of ether oxygens (including phenoxy) is 3. The second-order valence-electron chi connectivity index (χ2n) is 3.84. The molecule has 5 nitrogen and oxygen atoms in total. The summed E-state index contributed by atoms with van der Waals surface area (Å²) in [7, 11) is 1.64. The smallest absolute Gasteiger partial charge is 0.123 e. The van der Waals surface area contributed by atoms with Gasteiger partial charge in [0.2, 0.25) is 0 Å². The third kappa shape index (κ3) is 4.73. The average molecular weight is 252 g/mol. The molecule has 0 bridgehead atoms. The standard InChI is InChI=1S/C13H20N2O3/c1-10-9-11(3-4-12(10)13(14)15)18-8-7-17-6-5-16-2/h3-4,9H,5-8H2,1-2H3,(H3,14,15). The van der Waals surface area contributed by atoms with Crippen LogP contribution in [0.1, 0.15) is 11.1 Å². The molecular weight excluding hydrogens is 232 g/mol. The first-order valence-electron chi connectivity index (χ1n) is 5.79. The Morgan fingerprint density at radius 2 is 1.94 bits per heavy atom. The predicted molar refractivity (Wildman–Crippen MR) is 70.4 cm³/mol. The maximum absolute atomic E-state index is 7.38. The molecule has 0 fully saturated rings. The van der Waals surface area contributed by atoms with Gasteiger partial charge in [0.05, 0.1) is 19.8 Å². The lowest BCUT2D eigenvalue weighted by Crippen LogP contribution is -2.13. The minimum absolute atomic E-state index is 0.0712. The molecule has 5 heteroatoms. The van der Waals surface area contributed by atoms with E-state index in [2.05, 4.69) is 0 Å². The summed E-state index contributed by atoms with van der Waals surface area (Å²) < 4.78 is 15.7. The highest BCUT2D eigenvalue weighted by Gasteiger charge is 2.03. The van der Waals surface area contributed by atoms with Crippen LogP contribution >= 0.6 is 0 Å². The van der Waals surface area contributed by atoms with Gasteiger partial charge in [0.15, 0.2) is 0 Å². The van der Waals surface area contributed by atoms with E-state index >= 15 is 0 Å². The summed E-state index contributed by atoms with van der Waals surface area (Å²) in [6.07, 6.45) is 0. The number of nitrogens with one attached hydrogen (secondary N) is 1. The molecule has 0 amide bonds. The number of rotatable bonds is 8. The molecule has 100 valence electrons. The van der Waals surface area contributed by atoms with Crippen molar-refractivity contribution < 1.29 is 14.2 Å². The molecule has 0 saturated heterocycles. The van der Waals surface area contributed by atoms with E-state index in [0.717, 1.165) is 16.9 Å². The van der Waals surface area contributed by atoms with E-state index in [1.54, 1.807) is 19.2 Å². The molecule has 1 rings (SSSR count). The normalized spacial score (nSPS) is 10.3. The van der Waals surface area contributed by atoms with Gasteiger partial charge in [-0.3, -0.25) is 5.41 Å². The summed E-state index contributed by atoms with van der Waals surface area (Å²) in [5.74, 6) is 0.829. The summed E-state index contributed by atoms with van der Waals surface area (Å²) >= 11 is 0. The summed E-state index contributed by atoms with van der Waals surface area (Å²) in [5, 5.41) is 7.38. The van der Waals surface area contributed by atoms with Crippen molar-refractivity contribution in [3.8, 4) is 5.75 Å². The molecule has 0 aromatic heterocycles. The van der Waals surface area contributed by atoms with Gasteiger partial charge in [0, 0.05) is 12.7 Å². The highest BCUT2D eigenvalue weighted by molar-refractivity contribution is 5.96. The molecule has 1 aromatic rings. The fourth-order valence-electron chi connectivity index (χ4n) is 1.49. The Morgan fingerprint density at radius 3 is 2.56 bits per heavy atom. The Hall–Kier alpha value is -1.59. The minimum atomic E-state index is 0.0712. The molecule has 0 aliphatic carbocycles. The van der Waals surface area contributed by atoms with Gasteiger partial charge in [0.25, 0.3) is 0 Å². The number of hydrogen-bond acceptors (Lipinski definition) is 4. The monoisotopic (exact) mass is 252 g/mol. The molecule has 0 heterocycles.